The third kappa shape index (κ3) is 8.39. The Morgan fingerprint density at radius 1 is 1.06 bits per heavy atom. The topological polar surface area (TPSA) is 50.2 Å². The van der Waals surface area contributed by atoms with E-state index in [2.05, 4.69) is 82.1 Å². The Hall–Kier alpha value is -2.29. The number of aliphatic hydroxyl groups is 1. The van der Waals surface area contributed by atoms with E-state index in [9.17, 15) is 4.79 Å². The second-order valence-electron chi connectivity index (χ2n) is 8.50. The van der Waals surface area contributed by atoms with Gasteiger partial charge in [0.25, 0.3) is 0 Å². The summed E-state index contributed by atoms with van der Waals surface area (Å²) in [5, 5.41) is 10.8. The van der Waals surface area contributed by atoms with Crippen molar-refractivity contribution in [3.05, 3.63) is 77.2 Å². The van der Waals surface area contributed by atoms with Gasteiger partial charge in [0.15, 0.2) is 5.78 Å². The fourth-order valence-electron chi connectivity index (χ4n) is 3.08. The third-order valence-corrected chi connectivity index (χ3v) is 4.46. The van der Waals surface area contributed by atoms with Gasteiger partial charge in [-0.3, -0.25) is 4.79 Å². The van der Waals surface area contributed by atoms with Gasteiger partial charge in [0.1, 0.15) is 0 Å². The van der Waals surface area contributed by atoms with Gasteiger partial charge in [0.05, 0.1) is 5.76 Å². The van der Waals surface area contributed by atoms with Crippen molar-refractivity contribution in [2.24, 2.45) is 0 Å². The molecule has 4 heteroatoms. The fourth-order valence-corrected chi connectivity index (χ4v) is 3.08. The second-order valence-corrected chi connectivity index (χ2v) is 8.50. The minimum Gasteiger partial charge on any atom is -0.512 e. The van der Waals surface area contributed by atoms with Crippen LogP contribution in [0, 0.1) is 19.9 Å². The van der Waals surface area contributed by atoms with E-state index < -0.39 is 0 Å². The molecule has 3 nitrogen and oxygen atoms in total. The smallest absolute Gasteiger partial charge is 0.155 e. The number of hydrogen-bond donors (Lipinski definition) is 1. The molecule has 0 saturated carbocycles. The number of allylic oxidation sites excluding steroid dienone is 2. The van der Waals surface area contributed by atoms with Crippen molar-refractivity contribution in [1.29, 1.82) is 0 Å². The third-order valence-electron chi connectivity index (χ3n) is 4.46. The number of ketones is 1. The molecule has 1 aromatic heterocycles. The predicted octanol–water partition coefficient (Wildman–Crippen LogP) is 7.29. The summed E-state index contributed by atoms with van der Waals surface area (Å²) in [5.74, 6) is -0.0625. The van der Waals surface area contributed by atoms with Crippen LogP contribution in [0.3, 0.4) is 0 Å². The molecule has 0 unspecified atom stereocenters. The number of fused-ring (bicyclic) bond motifs is 1. The van der Waals surface area contributed by atoms with Crippen molar-refractivity contribution >= 4 is 16.6 Å². The molecule has 0 aliphatic rings. The Balaban J connectivity index is 0.000000875. The molecular formula is C27H34IrNO2-. The number of benzene rings is 2. The molecule has 3 aromatic rings. The molecule has 0 amide bonds. The number of pyridine rings is 1. The van der Waals surface area contributed by atoms with Gasteiger partial charge in [0.2, 0.25) is 0 Å². The number of rotatable bonds is 2. The summed E-state index contributed by atoms with van der Waals surface area (Å²) in [5.41, 5.74) is 5.98. The van der Waals surface area contributed by atoms with Crippen LogP contribution >= 0.6 is 0 Å². The molecule has 3 rings (SSSR count). The van der Waals surface area contributed by atoms with E-state index >= 15 is 0 Å². The van der Waals surface area contributed by atoms with Crippen molar-refractivity contribution in [3.8, 4) is 11.3 Å². The van der Waals surface area contributed by atoms with Crippen LogP contribution in [0.1, 0.15) is 58.7 Å². The monoisotopic (exact) mass is 597 g/mol. The molecule has 1 radical (unpaired) electrons. The van der Waals surface area contributed by atoms with E-state index in [0.717, 1.165) is 16.8 Å². The summed E-state index contributed by atoms with van der Waals surface area (Å²) >= 11 is 0. The van der Waals surface area contributed by atoms with Crippen molar-refractivity contribution < 1.29 is 30.0 Å². The zero-order chi connectivity index (χ0) is 21.8. The van der Waals surface area contributed by atoms with Gasteiger partial charge in [-0.1, -0.05) is 58.9 Å². The van der Waals surface area contributed by atoms with E-state index in [1.165, 1.54) is 41.8 Å². The average Bonchev–Trinajstić information content (AvgIpc) is 2.59. The SMILES string of the molecule is C.CC(=O)C=C(C)O.Cc1[c-]c(-c2nccc3cc(C)ccc23)cc(C(C)(C)C)c1.[Ir]. The van der Waals surface area contributed by atoms with Gasteiger partial charge >= 0.3 is 0 Å². The molecule has 169 valence electrons. The molecule has 0 spiro atoms. The van der Waals surface area contributed by atoms with Crippen LogP contribution in [0.2, 0.25) is 0 Å². The first-order chi connectivity index (χ1) is 13.5. The summed E-state index contributed by atoms with van der Waals surface area (Å²) in [6, 6.07) is 16.5. The van der Waals surface area contributed by atoms with Crippen molar-refractivity contribution in [3.63, 3.8) is 0 Å². The first kappa shape index (κ1) is 28.7. The summed E-state index contributed by atoms with van der Waals surface area (Å²) in [6.45, 7) is 13.8. The Labute approximate surface area is 201 Å². The van der Waals surface area contributed by atoms with Crippen LogP contribution in [-0.4, -0.2) is 15.9 Å². The number of aliphatic hydroxyl groups excluding tert-OH is 1. The first-order valence-corrected chi connectivity index (χ1v) is 9.75. The van der Waals surface area contributed by atoms with Crippen LogP contribution in [0.15, 0.2) is 54.4 Å². The van der Waals surface area contributed by atoms with Gasteiger partial charge in [-0.05, 0) is 48.7 Å². The first-order valence-electron chi connectivity index (χ1n) is 9.75. The molecular weight excluding hydrogens is 563 g/mol. The fraction of sp³-hybridized carbons (Fsp3) is 0.333. The van der Waals surface area contributed by atoms with Crippen LogP contribution in [0.5, 0.6) is 0 Å². The predicted molar refractivity (Wildman–Crippen MR) is 128 cm³/mol. The largest absolute Gasteiger partial charge is 0.512 e. The van der Waals surface area contributed by atoms with E-state index in [0.29, 0.717) is 0 Å². The number of carbonyl (C=O) groups is 1. The Kier molecular flexibility index (Phi) is 11.0. The van der Waals surface area contributed by atoms with E-state index in [-0.39, 0.29) is 44.5 Å². The van der Waals surface area contributed by atoms with Crippen molar-refractivity contribution in [2.45, 2.75) is 61.3 Å². The molecule has 31 heavy (non-hydrogen) atoms. The summed E-state index contributed by atoms with van der Waals surface area (Å²) in [4.78, 5) is 14.7. The van der Waals surface area contributed by atoms with Gasteiger partial charge in [-0.25, -0.2) is 0 Å². The quantitative estimate of drug-likeness (QED) is 0.192. The summed E-state index contributed by atoms with van der Waals surface area (Å²) in [7, 11) is 0. The van der Waals surface area contributed by atoms with Crippen molar-refractivity contribution in [1.82, 2.24) is 4.98 Å². The molecule has 0 atom stereocenters. The van der Waals surface area contributed by atoms with E-state index in [1.54, 1.807) is 0 Å². The standard InChI is InChI=1S/C21H22N.C5H8O2.CH4.Ir/c1-14-6-7-19-16(10-14)8-9-22-20(19)17-11-15(2)12-18(13-17)21(3,4)5;1-4(6)3-5(2)7;;/h6-10,12-13H,1-5H3;3,6H,1-2H3;1H4;/q-1;;;. The zero-order valence-electron chi connectivity index (χ0n) is 18.8. The Morgan fingerprint density at radius 3 is 2.23 bits per heavy atom. The minimum atomic E-state index is -0.125. The summed E-state index contributed by atoms with van der Waals surface area (Å²) < 4.78 is 0. The minimum absolute atomic E-state index is 0. The van der Waals surface area contributed by atoms with Crippen LogP contribution < -0.4 is 0 Å². The van der Waals surface area contributed by atoms with Crippen LogP contribution in [-0.2, 0) is 30.3 Å². The maximum atomic E-state index is 10.0. The normalized spacial score (nSPS) is 11.0. The van der Waals surface area contributed by atoms with Gasteiger partial charge < -0.3 is 10.1 Å². The molecule has 1 heterocycles. The Bertz CT molecular complexity index is 1060. The summed E-state index contributed by atoms with van der Waals surface area (Å²) in [6.07, 6.45) is 3.06. The molecule has 0 aliphatic carbocycles. The van der Waals surface area contributed by atoms with Crippen LogP contribution in [0.25, 0.3) is 22.0 Å². The molecule has 0 fully saturated rings. The van der Waals surface area contributed by atoms with E-state index in [4.69, 9.17) is 5.11 Å². The van der Waals surface area contributed by atoms with Gasteiger partial charge in [0, 0.05) is 32.4 Å². The number of carbonyl (C=O) groups excluding carboxylic acids is 1. The maximum absolute atomic E-state index is 10.0. The van der Waals surface area contributed by atoms with E-state index in [1.807, 2.05) is 6.20 Å². The number of aromatic nitrogens is 1. The van der Waals surface area contributed by atoms with Crippen LogP contribution in [0.4, 0.5) is 0 Å². The number of nitrogens with zero attached hydrogens (tertiary/aromatic N) is 1. The maximum Gasteiger partial charge on any atom is 0.155 e. The molecule has 0 aliphatic heterocycles. The van der Waals surface area contributed by atoms with Gasteiger partial charge in [-0.2, -0.15) is 0 Å². The van der Waals surface area contributed by atoms with Crippen molar-refractivity contribution in [2.75, 3.05) is 0 Å². The van der Waals surface area contributed by atoms with Gasteiger partial charge in [-0.15, -0.1) is 34.9 Å². The second kappa shape index (κ2) is 11.9. The average molecular weight is 597 g/mol. The number of hydrogen-bond acceptors (Lipinski definition) is 3. The molecule has 0 bridgehead atoms. The molecule has 0 saturated heterocycles. The molecule has 2 aromatic carbocycles. The Morgan fingerprint density at radius 2 is 1.71 bits per heavy atom. The zero-order valence-corrected chi connectivity index (χ0v) is 21.1. The number of aryl methyl sites for hydroxylation is 2. The molecule has 1 N–H and O–H groups in total.